The molecule has 3 rings (SSSR count). The molecule has 1 fully saturated rings. The van der Waals surface area contributed by atoms with E-state index < -0.39 is 5.76 Å². The summed E-state index contributed by atoms with van der Waals surface area (Å²) < 4.78 is 20.2. The molecule has 5 nitrogen and oxygen atoms in total. The smallest absolute Gasteiger partial charge is 0.405 e. The molecule has 1 aliphatic heterocycles. The lowest BCUT2D eigenvalue weighted by Gasteiger charge is -2.27. The molecule has 0 spiro atoms. The third kappa shape index (κ3) is 1.69. The Labute approximate surface area is 103 Å². The fourth-order valence-electron chi connectivity index (χ4n) is 2.40. The average Bonchev–Trinajstić information content (AvgIpc) is 2.66. The predicted octanol–water partition coefficient (Wildman–Crippen LogP) is -0.346. The van der Waals surface area contributed by atoms with E-state index in [2.05, 4.69) is 10.2 Å². The number of quaternary nitrogens is 1. The standard InChI is InChI=1S/C12H14FN3O2/c1-15-9-6-8(13)7-10(11(9)18-12(15)17)16-4-2-14-3-5-16/h6-7,14H,2-5H2,1H3/p+1. The molecular formula is C12H15FN3O2+. The summed E-state index contributed by atoms with van der Waals surface area (Å²) in [6.45, 7) is 3.60. The molecule has 2 aromatic rings. The maximum Gasteiger partial charge on any atom is 0.419 e. The van der Waals surface area contributed by atoms with Gasteiger partial charge in [0.2, 0.25) is 0 Å². The first-order valence-corrected chi connectivity index (χ1v) is 6.02. The number of fused-ring (bicyclic) bond motifs is 1. The van der Waals surface area contributed by atoms with Crippen LogP contribution in [-0.2, 0) is 7.05 Å². The fourth-order valence-corrected chi connectivity index (χ4v) is 2.40. The van der Waals surface area contributed by atoms with Crippen molar-refractivity contribution in [3.8, 4) is 0 Å². The van der Waals surface area contributed by atoms with E-state index in [4.69, 9.17) is 4.42 Å². The Morgan fingerprint density at radius 2 is 2.06 bits per heavy atom. The van der Waals surface area contributed by atoms with Gasteiger partial charge in [-0.15, -0.1) is 0 Å². The van der Waals surface area contributed by atoms with Gasteiger partial charge in [-0.2, -0.15) is 0 Å². The van der Waals surface area contributed by atoms with Gasteiger partial charge in [-0.1, -0.05) is 0 Å². The summed E-state index contributed by atoms with van der Waals surface area (Å²) in [7, 11) is 1.58. The van der Waals surface area contributed by atoms with Crippen LogP contribution in [0.2, 0.25) is 0 Å². The van der Waals surface area contributed by atoms with E-state index in [1.807, 2.05) is 0 Å². The van der Waals surface area contributed by atoms with Crippen molar-refractivity contribution in [3.05, 3.63) is 28.5 Å². The number of nitrogens with two attached hydrogens (primary N) is 1. The van der Waals surface area contributed by atoms with Gasteiger partial charge in [0.1, 0.15) is 5.82 Å². The van der Waals surface area contributed by atoms with Crippen LogP contribution in [0, 0.1) is 5.82 Å². The Morgan fingerprint density at radius 3 is 2.78 bits per heavy atom. The lowest BCUT2D eigenvalue weighted by atomic mass is 10.2. The Bertz CT molecular complexity index is 641. The highest BCUT2D eigenvalue weighted by molar-refractivity contribution is 5.87. The first-order chi connectivity index (χ1) is 8.66. The number of hydrogen-bond donors (Lipinski definition) is 1. The summed E-state index contributed by atoms with van der Waals surface area (Å²) in [5.74, 6) is -0.802. The van der Waals surface area contributed by atoms with Crippen molar-refractivity contribution in [2.75, 3.05) is 31.1 Å². The number of aryl methyl sites for hydroxylation is 1. The number of nitrogens with zero attached hydrogens (tertiary/aromatic N) is 2. The molecule has 1 aliphatic rings. The lowest BCUT2D eigenvalue weighted by molar-refractivity contribution is -0.655. The van der Waals surface area contributed by atoms with Crippen LogP contribution in [0.4, 0.5) is 10.1 Å². The van der Waals surface area contributed by atoms with E-state index in [-0.39, 0.29) is 5.82 Å². The molecule has 1 aromatic carbocycles. The van der Waals surface area contributed by atoms with Gasteiger partial charge in [0.05, 0.1) is 37.4 Å². The third-order valence-electron chi connectivity index (χ3n) is 3.39. The van der Waals surface area contributed by atoms with Crippen LogP contribution in [0.3, 0.4) is 0 Å². The van der Waals surface area contributed by atoms with E-state index in [9.17, 15) is 9.18 Å². The highest BCUT2D eigenvalue weighted by Gasteiger charge is 2.20. The number of hydrogen-bond acceptors (Lipinski definition) is 3. The zero-order valence-electron chi connectivity index (χ0n) is 10.1. The number of oxazole rings is 1. The minimum atomic E-state index is -0.458. The van der Waals surface area contributed by atoms with Gasteiger partial charge in [-0.25, -0.2) is 9.18 Å². The van der Waals surface area contributed by atoms with Gasteiger partial charge < -0.3 is 14.6 Å². The summed E-state index contributed by atoms with van der Waals surface area (Å²) in [4.78, 5) is 13.6. The molecule has 1 saturated heterocycles. The van der Waals surface area contributed by atoms with Gasteiger partial charge in [0.15, 0.2) is 5.58 Å². The highest BCUT2D eigenvalue weighted by Crippen LogP contribution is 2.27. The van der Waals surface area contributed by atoms with Crippen molar-refractivity contribution in [1.82, 2.24) is 4.57 Å². The molecule has 0 saturated carbocycles. The number of anilines is 1. The molecule has 0 amide bonds. The average molecular weight is 252 g/mol. The summed E-state index contributed by atoms with van der Waals surface area (Å²) in [5, 5.41) is 2.22. The van der Waals surface area contributed by atoms with Crippen LogP contribution < -0.4 is 16.0 Å². The van der Waals surface area contributed by atoms with Gasteiger partial charge in [-0.05, 0) is 0 Å². The van der Waals surface area contributed by atoms with Crippen LogP contribution in [0.15, 0.2) is 21.3 Å². The summed E-state index contributed by atoms with van der Waals surface area (Å²) in [6, 6.07) is 2.77. The summed E-state index contributed by atoms with van der Waals surface area (Å²) >= 11 is 0. The van der Waals surface area contributed by atoms with E-state index >= 15 is 0 Å². The zero-order valence-corrected chi connectivity index (χ0v) is 10.1. The molecule has 0 radical (unpaired) electrons. The molecule has 6 heteroatoms. The minimum absolute atomic E-state index is 0.344. The monoisotopic (exact) mass is 252 g/mol. The maximum absolute atomic E-state index is 13.6. The molecule has 18 heavy (non-hydrogen) atoms. The second-order valence-corrected chi connectivity index (χ2v) is 4.55. The predicted molar refractivity (Wildman–Crippen MR) is 65.3 cm³/mol. The van der Waals surface area contributed by atoms with Gasteiger partial charge >= 0.3 is 5.76 Å². The largest absolute Gasteiger partial charge is 0.419 e. The van der Waals surface area contributed by atoms with Crippen molar-refractivity contribution in [3.63, 3.8) is 0 Å². The summed E-state index contributed by atoms with van der Waals surface area (Å²) in [6.07, 6.45) is 0. The molecule has 0 bridgehead atoms. The zero-order chi connectivity index (χ0) is 12.7. The van der Waals surface area contributed by atoms with Crippen LogP contribution >= 0.6 is 0 Å². The van der Waals surface area contributed by atoms with Crippen LogP contribution in [0.1, 0.15) is 0 Å². The number of rotatable bonds is 1. The van der Waals surface area contributed by atoms with E-state index in [0.29, 0.717) is 16.8 Å². The third-order valence-corrected chi connectivity index (χ3v) is 3.39. The van der Waals surface area contributed by atoms with Crippen LogP contribution in [0.5, 0.6) is 0 Å². The quantitative estimate of drug-likeness (QED) is 0.755. The molecule has 2 N–H and O–H groups in total. The molecule has 1 aromatic heterocycles. The van der Waals surface area contributed by atoms with E-state index in [0.717, 1.165) is 26.2 Å². The van der Waals surface area contributed by atoms with E-state index in [1.165, 1.54) is 16.7 Å². The second kappa shape index (κ2) is 4.13. The highest BCUT2D eigenvalue weighted by atomic mass is 19.1. The molecule has 2 heterocycles. The number of halogens is 1. The van der Waals surface area contributed by atoms with Crippen molar-refractivity contribution in [2.45, 2.75) is 0 Å². The van der Waals surface area contributed by atoms with Crippen molar-refractivity contribution >= 4 is 16.8 Å². The Kier molecular flexibility index (Phi) is 2.59. The molecular weight excluding hydrogens is 237 g/mol. The fraction of sp³-hybridized carbons (Fsp3) is 0.417. The van der Waals surface area contributed by atoms with Crippen molar-refractivity contribution in [1.29, 1.82) is 0 Å². The maximum atomic E-state index is 13.6. The first kappa shape index (κ1) is 11.3. The molecule has 0 atom stereocenters. The van der Waals surface area contributed by atoms with Gasteiger partial charge in [0.25, 0.3) is 0 Å². The minimum Gasteiger partial charge on any atom is -0.405 e. The number of benzene rings is 1. The Morgan fingerprint density at radius 1 is 1.33 bits per heavy atom. The van der Waals surface area contributed by atoms with Crippen LogP contribution in [0.25, 0.3) is 11.1 Å². The molecule has 96 valence electrons. The SMILES string of the molecule is Cn1c(=O)oc2c(N3CC[NH2+]CC3)cc(F)cc21. The number of piperazine rings is 1. The van der Waals surface area contributed by atoms with E-state index in [1.54, 1.807) is 7.05 Å². The number of aromatic nitrogens is 1. The molecule has 0 aliphatic carbocycles. The van der Waals surface area contributed by atoms with Gasteiger partial charge in [0, 0.05) is 19.2 Å². The lowest BCUT2D eigenvalue weighted by Crippen LogP contribution is -2.89. The normalized spacial score (nSPS) is 16.4. The Balaban J connectivity index is 2.21. The van der Waals surface area contributed by atoms with Crippen LogP contribution in [-0.4, -0.2) is 30.7 Å². The molecule has 0 unspecified atom stereocenters. The second-order valence-electron chi connectivity index (χ2n) is 4.55. The first-order valence-electron chi connectivity index (χ1n) is 6.02. The van der Waals surface area contributed by atoms with Crippen molar-refractivity contribution < 1.29 is 14.1 Å². The van der Waals surface area contributed by atoms with Gasteiger partial charge in [-0.3, -0.25) is 4.57 Å². The Hall–Kier alpha value is -1.82. The topological polar surface area (TPSA) is 55.0 Å². The van der Waals surface area contributed by atoms with Crippen molar-refractivity contribution in [2.24, 2.45) is 7.05 Å². The summed E-state index contributed by atoms with van der Waals surface area (Å²) in [5.41, 5.74) is 1.66.